The first-order valence-electron chi connectivity index (χ1n) is 7.04. The minimum atomic E-state index is -0.394. The molecule has 1 N–H and O–H groups in total. The molecule has 0 aromatic heterocycles. The first-order valence-corrected chi connectivity index (χ1v) is 7.04. The highest BCUT2D eigenvalue weighted by Crippen LogP contribution is 2.11. The minimum Gasteiger partial charge on any atom is -0.389 e. The molecule has 0 bridgehead atoms. The summed E-state index contributed by atoms with van der Waals surface area (Å²) in [4.78, 5) is 0. The van der Waals surface area contributed by atoms with Crippen molar-refractivity contribution in [3.63, 3.8) is 0 Å². The third kappa shape index (κ3) is 11.8. The maximum absolute atomic E-state index is 9.20. The normalized spacial score (nSPS) is 12.6. The molecular weight excluding hydrogens is 196 g/mol. The zero-order valence-corrected chi connectivity index (χ0v) is 11.0. The van der Waals surface area contributed by atoms with Crippen molar-refractivity contribution in [2.45, 2.75) is 83.7 Å². The summed E-state index contributed by atoms with van der Waals surface area (Å²) in [6.45, 7) is 7.47. The van der Waals surface area contributed by atoms with E-state index in [-0.39, 0.29) is 0 Å². The molecule has 0 spiro atoms. The van der Waals surface area contributed by atoms with Gasteiger partial charge in [0.05, 0.1) is 6.10 Å². The molecule has 0 aromatic rings. The predicted octanol–water partition coefficient (Wildman–Crippen LogP) is 4.65. The maximum Gasteiger partial charge on any atom is 0.0723 e. The monoisotopic (exact) mass is 225 g/mol. The fourth-order valence-corrected chi connectivity index (χ4v) is 1.94. The first-order chi connectivity index (χ1) is 7.81. The Balaban J connectivity index is 2.96. The van der Waals surface area contributed by atoms with Crippen molar-refractivity contribution in [2.75, 3.05) is 0 Å². The number of hydrogen-bond donors (Lipinski definition) is 1. The Morgan fingerprint density at radius 2 is 1.31 bits per heavy atom. The molecule has 1 nitrogen and oxygen atoms in total. The number of unbranched alkanes of at least 4 members (excludes halogenated alkanes) is 9. The standard InChI is InChI=1S/C15H29O/c1-3-5-6-7-8-9-10-11-12-13-14-15(16)4-2/h2,4,15-16H,3,5-14H2,1H3. The fourth-order valence-electron chi connectivity index (χ4n) is 1.94. The van der Waals surface area contributed by atoms with E-state index >= 15 is 0 Å². The van der Waals surface area contributed by atoms with Crippen LogP contribution in [0.2, 0.25) is 0 Å². The molecule has 0 aliphatic heterocycles. The second-order valence-electron chi connectivity index (χ2n) is 4.73. The van der Waals surface area contributed by atoms with Gasteiger partial charge in [0.25, 0.3) is 0 Å². The van der Waals surface area contributed by atoms with Crippen LogP contribution in [-0.2, 0) is 0 Å². The molecule has 1 radical (unpaired) electrons. The van der Waals surface area contributed by atoms with E-state index in [0.717, 1.165) is 12.8 Å². The molecule has 0 saturated carbocycles. The van der Waals surface area contributed by atoms with Crippen molar-refractivity contribution in [3.8, 4) is 0 Å². The Hall–Kier alpha value is -0.300. The van der Waals surface area contributed by atoms with E-state index in [1.807, 2.05) is 0 Å². The molecule has 0 heterocycles. The summed E-state index contributed by atoms with van der Waals surface area (Å²) in [7, 11) is 0. The van der Waals surface area contributed by atoms with Crippen LogP contribution in [-0.4, -0.2) is 11.2 Å². The van der Waals surface area contributed by atoms with Crippen LogP contribution in [0.3, 0.4) is 0 Å². The largest absolute Gasteiger partial charge is 0.389 e. The van der Waals surface area contributed by atoms with Gasteiger partial charge in [-0.05, 0) is 6.42 Å². The summed E-state index contributed by atoms with van der Waals surface area (Å²) >= 11 is 0. The summed E-state index contributed by atoms with van der Waals surface area (Å²) in [6.07, 6.45) is 15.2. The maximum atomic E-state index is 9.20. The van der Waals surface area contributed by atoms with Crippen molar-refractivity contribution < 1.29 is 5.11 Å². The van der Waals surface area contributed by atoms with Gasteiger partial charge in [0.15, 0.2) is 0 Å². The summed E-state index contributed by atoms with van der Waals surface area (Å²) in [6, 6.07) is 0. The van der Waals surface area contributed by atoms with Crippen molar-refractivity contribution in [2.24, 2.45) is 0 Å². The molecule has 0 fully saturated rings. The van der Waals surface area contributed by atoms with Gasteiger partial charge in [-0.15, -0.1) is 0 Å². The zero-order chi connectivity index (χ0) is 12.1. The van der Waals surface area contributed by atoms with E-state index < -0.39 is 6.10 Å². The Morgan fingerprint density at radius 3 is 1.75 bits per heavy atom. The number of rotatable bonds is 12. The van der Waals surface area contributed by atoms with Gasteiger partial charge < -0.3 is 5.11 Å². The Labute approximate surface area is 102 Å². The SMILES string of the molecule is [CH]=CC(O)CCCCCCCCCCCC. The smallest absolute Gasteiger partial charge is 0.0723 e. The highest BCUT2D eigenvalue weighted by molar-refractivity contribution is 4.74. The molecule has 0 aliphatic carbocycles. The second kappa shape index (κ2) is 12.8. The lowest BCUT2D eigenvalue weighted by atomic mass is 10.0. The van der Waals surface area contributed by atoms with Gasteiger partial charge in [0, 0.05) is 0 Å². The molecule has 95 valence electrons. The van der Waals surface area contributed by atoms with E-state index in [1.165, 1.54) is 63.9 Å². The summed E-state index contributed by atoms with van der Waals surface area (Å²) in [5, 5.41) is 9.20. The zero-order valence-electron chi connectivity index (χ0n) is 11.0. The molecular formula is C15H29O. The highest BCUT2D eigenvalue weighted by atomic mass is 16.3. The topological polar surface area (TPSA) is 20.2 Å². The average molecular weight is 225 g/mol. The molecule has 0 amide bonds. The molecule has 1 heteroatoms. The Kier molecular flexibility index (Phi) is 12.5. The summed E-state index contributed by atoms with van der Waals surface area (Å²) in [5.74, 6) is 0. The van der Waals surface area contributed by atoms with Crippen LogP contribution in [0, 0.1) is 6.58 Å². The summed E-state index contributed by atoms with van der Waals surface area (Å²) in [5.41, 5.74) is 0. The average Bonchev–Trinajstić information content (AvgIpc) is 2.31. The minimum absolute atomic E-state index is 0.394. The van der Waals surface area contributed by atoms with Crippen LogP contribution in [0.5, 0.6) is 0 Å². The second-order valence-corrected chi connectivity index (χ2v) is 4.73. The van der Waals surface area contributed by atoms with Gasteiger partial charge in [0.1, 0.15) is 0 Å². The molecule has 0 aliphatic rings. The lowest BCUT2D eigenvalue weighted by molar-refractivity contribution is 0.208. The third-order valence-corrected chi connectivity index (χ3v) is 3.08. The number of aliphatic hydroxyl groups excluding tert-OH is 1. The fraction of sp³-hybridized carbons (Fsp3) is 0.867. The van der Waals surface area contributed by atoms with Gasteiger partial charge in [-0.1, -0.05) is 83.8 Å². The van der Waals surface area contributed by atoms with Gasteiger partial charge in [-0.3, -0.25) is 0 Å². The number of aliphatic hydroxyl groups is 1. The Bertz CT molecular complexity index is 142. The van der Waals surface area contributed by atoms with Crippen LogP contribution in [0.4, 0.5) is 0 Å². The van der Waals surface area contributed by atoms with Crippen LogP contribution < -0.4 is 0 Å². The highest BCUT2D eigenvalue weighted by Gasteiger charge is 1.97. The summed E-state index contributed by atoms with van der Waals surface area (Å²) < 4.78 is 0. The van der Waals surface area contributed by atoms with Crippen LogP contribution in [0.15, 0.2) is 6.08 Å². The van der Waals surface area contributed by atoms with Gasteiger partial charge in [-0.2, -0.15) is 0 Å². The van der Waals surface area contributed by atoms with E-state index in [0.29, 0.717) is 0 Å². The van der Waals surface area contributed by atoms with Crippen molar-refractivity contribution >= 4 is 0 Å². The van der Waals surface area contributed by atoms with Crippen molar-refractivity contribution in [3.05, 3.63) is 12.7 Å². The van der Waals surface area contributed by atoms with Crippen LogP contribution >= 0.6 is 0 Å². The van der Waals surface area contributed by atoms with Gasteiger partial charge in [0.2, 0.25) is 0 Å². The lowest BCUT2D eigenvalue weighted by Crippen LogP contribution is -2.00. The Morgan fingerprint density at radius 1 is 0.875 bits per heavy atom. The van der Waals surface area contributed by atoms with Crippen LogP contribution in [0.25, 0.3) is 0 Å². The van der Waals surface area contributed by atoms with Gasteiger partial charge in [-0.25, -0.2) is 0 Å². The molecule has 16 heavy (non-hydrogen) atoms. The van der Waals surface area contributed by atoms with E-state index in [9.17, 15) is 5.11 Å². The quantitative estimate of drug-likeness (QED) is 0.479. The van der Waals surface area contributed by atoms with E-state index in [2.05, 4.69) is 6.92 Å². The molecule has 0 rings (SSSR count). The van der Waals surface area contributed by atoms with Gasteiger partial charge >= 0.3 is 0 Å². The number of hydrogen-bond acceptors (Lipinski definition) is 1. The predicted molar refractivity (Wildman–Crippen MR) is 71.3 cm³/mol. The van der Waals surface area contributed by atoms with Crippen molar-refractivity contribution in [1.82, 2.24) is 0 Å². The third-order valence-electron chi connectivity index (χ3n) is 3.08. The van der Waals surface area contributed by atoms with E-state index in [4.69, 9.17) is 6.58 Å². The lowest BCUT2D eigenvalue weighted by Gasteiger charge is -2.04. The van der Waals surface area contributed by atoms with Crippen molar-refractivity contribution in [1.29, 1.82) is 0 Å². The van der Waals surface area contributed by atoms with Crippen LogP contribution in [0.1, 0.15) is 77.6 Å². The molecule has 1 unspecified atom stereocenters. The van der Waals surface area contributed by atoms with E-state index in [1.54, 1.807) is 0 Å². The molecule has 0 aromatic carbocycles. The first kappa shape index (κ1) is 15.7. The molecule has 0 saturated heterocycles. The molecule has 1 atom stereocenters.